The molecule has 0 fully saturated rings. The van der Waals surface area contributed by atoms with Gasteiger partial charge in [0.05, 0.1) is 33.8 Å². The molecule has 0 aliphatic carbocycles. The summed E-state index contributed by atoms with van der Waals surface area (Å²) in [4.78, 5) is 16.9. The van der Waals surface area contributed by atoms with Crippen molar-refractivity contribution in [1.82, 2.24) is 24.8 Å². The van der Waals surface area contributed by atoms with Gasteiger partial charge in [0.15, 0.2) is 17.0 Å². The van der Waals surface area contributed by atoms with E-state index in [-0.39, 0.29) is 40.4 Å². The van der Waals surface area contributed by atoms with Crippen molar-refractivity contribution in [3.8, 4) is 10.6 Å². The Morgan fingerprint density at radius 2 is 2.11 bits per heavy atom. The van der Waals surface area contributed by atoms with Crippen LogP contribution in [0.3, 0.4) is 0 Å². The maximum absolute atomic E-state index is 13.8. The van der Waals surface area contributed by atoms with Crippen LogP contribution < -0.4 is 0 Å². The highest BCUT2D eigenvalue weighted by Crippen LogP contribution is 2.38. The van der Waals surface area contributed by atoms with Crippen LogP contribution in [0.5, 0.6) is 0 Å². The minimum absolute atomic E-state index is 0.116. The molecule has 0 unspecified atom stereocenters. The van der Waals surface area contributed by atoms with Gasteiger partial charge in [-0.3, -0.25) is 0 Å². The zero-order chi connectivity index (χ0) is 20.1. The number of alkyl halides is 3. The third kappa shape index (κ3) is 2.87. The van der Waals surface area contributed by atoms with E-state index >= 15 is 0 Å². The Balaban J connectivity index is 2.04. The highest BCUT2D eigenvalue weighted by atomic mass is 32.1. The van der Waals surface area contributed by atoms with Gasteiger partial charge in [0.2, 0.25) is 0 Å². The molecule has 4 heterocycles. The molecule has 4 aromatic heterocycles. The van der Waals surface area contributed by atoms with Crippen LogP contribution in [0.4, 0.5) is 13.2 Å². The lowest BCUT2D eigenvalue weighted by atomic mass is 10.1. The summed E-state index contributed by atoms with van der Waals surface area (Å²) in [6.07, 6.45) is -4.65. The van der Waals surface area contributed by atoms with E-state index in [1.165, 1.54) is 18.3 Å². The molecule has 0 amide bonds. The fourth-order valence-corrected chi connectivity index (χ4v) is 3.52. The van der Waals surface area contributed by atoms with Crippen LogP contribution in [-0.2, 0) is 10.9 Å². The number of esters is 1. The number of aryl methyl sites for hydroxylation is 1. The van der Waals surface area contributed by atoms with Gasteiger partial charge < -0.3 is 4.74 Å². The number of halogens is 3. The van der Waals surface area contributed by atoms with Crippen LogP contribution in [0.15, 0.2) is 23.6 Å². The van der Waals surface area contributed by atoms with Crippen LogP contribution in [0.2, 0.25) is 0 Å². The van der Waals surface area contributed by atoms with E-state index in [4.69, 9.17) is 4.74 Å². The van der Waals surface area contributed by atoms with Gasteiger partial charge in [-0.15, -0.1) is 26.6 Å². The van der Waals surface area contributed by atoms with Crippen LogP contribution >= 0.6 is 11.3 Å². The number of rotatable bonds is 3. The Morgan fingerprint density at radius 3 is 2.75 bits per heavy atom. The second-order valence-corrected chi connectivity index (χ2v) is 6.77. The molecule has 0 aliphatic rings. The van der Waals surface area contributed by atoms with E-state index in [0.717, 1.165) is 10.6 Å². The first-order valence-electron chi connectivity index (χ1n) is 8.16. The molecule has 11 heteroatoms. The van der Waals surface area contributed by atoms with Gasteiger partial charge in [-0.25, -0.2) is 14.3 Å². The summed E-state index contributed by atoms with van der Waals surface area (Å²) in [7, 11) is 0. The second kappa shape index (κ2) is 6.51. The maximum atomic E-state index is 13.8. The standard InChI is InChI=1S/C17H12F3N5O2S/c1-3-27-16(26)13-8(2)25-15(23-22-13)12-9(17(18,19)20)7-10(21-14(12)24-25)11-5-4-6-28-11/h4-7H,3H2,1-2H3. The predicted octanol–water partition coefficient (Wildman–Crippen LogP) is 3.90. The first kappa shape index (κ1) is 18.3. The molecule has 0 aliphatic heterocycles. The SMILES string of the molecule is CCOC(=O)c1nnc2c3c(C(F)(F)F)cc(-c4cccs4)nc3nn2c1C. The van der Waals surface area contributed by atoms with Gasteiger partial charge in [-0.05, 0) is 31.4 Å². The Morgan fingerprint density at radius 1 is 1.32 bits per heavy atom. The number of fused-ring (bicyclic) bond motifs is 3. The lowest BCUT2D eigenvalue weighted by molar-refractivity contribution is -0.136. The normalized spacial score (nSPS) is 12.0. The van der Waals surface area contributed by atoms with Crippen LogP contribution in [-0.4, -0.2) is 37.4 Å². The molecule has 0 saturated carbocycles. The lowest BCUT2D eigenvalue weighted by Crippen LogP contribution is -2.14. The minimum Gasteiger partial charge on any atom is -0.461 e. The lowest BCUT2D eigenvalue weighted by Gasteiger charge is -2.09. The number of carbonyl (C=O) groups is 1. The van der Waals surface area contributed by atoms with E-state index in [1.807, 2.05) is 0 Å². The molecule has 0 spiro atoms. The molecular weight excluding hydrogens is 395 g/mol. The summed E-state index contributed by atoms with van der Waals surface area (Å²) in [5.41, 5.74) is -0.904. The predicted molar refractivity (Wildman–Crippen MR) is 95.1 cm³/mol. The average molecular weight is 407 g/mol. The molecule has 0 saturated heterocycles. The van der Waals surface area contributed by atoms with Gasteiger partial charge in [-0.1, -0.05) is 6.07 Å². The van der Waals surface area contributed by atoms with E-state index in [0.29, 0.717) is 4.88 Å². The average Bonchev–Trinajstić information content (AvgIpc) is 3.28. The molecule has 0 N–H and O–H groups in total. The van der Waals surface area contributed by atoms with Crippen molar-refractivity contribution in [1.29, 1.82) is 0 Å². The number of hydrogen-bond donors (Lipinski definition) is 0. The number of pyridine rings is 1. The number of hydrogen-bond acceptors (Lipinski definition) is 7. The fraction of sp³-hybridized carbons (Fsp3) is 0.235. The number of aromatic nitrogens is 5. The van der Waals surface area contributed by atoms with Crippen LogP contribution in [0.25, 0.3) is 27.3 Å². The van der Waals surface area contributed by atoms with Crippen molar-refractivity contribution in [2.24, 2.45) is 0 Å². The van der Waals surface area contributed by atoms with E-state index in [9.17, 15) is 18.0 Å². The van der Waals surface area contributed by atoms with Crippen molar-refractivity contribution in [2.45, 2.75) is 20.0 Å². The topological polar surface area (TPSA) is 82.3 Å². The summed E-state index contributed by atoms with van der Waals surface area (Å²) < 4.78 is 47.4. The smallest absolute Gasteiger partial charge is 0.417 e. The second-order valence-electron chi connectivity index (χ2n) is 5.82. The molecule has 7 nitrogen and oxygen atoms in total. The third-order valence-corrected chi connectivity index (χ3v) is 4.96. The Bertz CT molecular complexity index is 1200. The molecule has 144 valence electrons. The van der Waals surface area contributed by atoms with E-state index in [1.54, 1.807) is 24.4 Å². The highest BCUT2D eigenvalue weighted by Gasteiger charge is 2.36. The highest BCUT2D eigenvalue weighted by molar-refractivity contribution is 7.13. The first-order valence-corrected chi connectivity index (χ1v) is 9.04. The zero-order valence-electron chi connectivity index (χ0n) is 14.6. The summed E-state index contributed by atoms with van der Waals surface area (Å²) in [5.74, 6) is -0.725. The molecular formula is C17H12F3N5O2S. The molecule has 0 atom stereocenters. The quantitative estimate of drug-likeness (QED) is 0.479. The fourth-order valence-electron chi connectivity index (χ4n) is 2.83. The summed E-state index contributed by atoms with van der Waals surface area (Å²) in [6.45, 7) is 3.27. The van der Waals surface area contributed by atoms with E-state index in [2.05, 4.69) is 20.3 Å². The largest absolute Gasteiger partial charge is 0.461 e. The van der Waals surface area contributed by atoms with Gasteiger partial charge in [0.25, 0.3) is 0 Å². The summed E-state index contributed by atoms with van der Waals surface area (Å²) in [5, 5.41) is 13.2. The Kier molecular flexibility index (Phi) is 4.26. The van der Waals surface area contributed by atoms with Crippen LogP contribution in [0.1, 0.15) is 28.7 Å². The number of nitrogens with zero attached hydrogens (tertiary/aromatic N) is 5. The minimum atomic E-state index is -4.65. The molecule has 4 aromatic rings. The molecule has 4 rings (SSSR count). The molecule has 0 aromatic carbocycles. The third-order valence-electron chi connectivity index (χ3n) is 4.07. The van der Waals surface area contributed by atoms with Gasteiger partial charge in [0.1, 0.15) is 0 Å². The van der Waals surface area contributed by atoms with Crippen LogP contribution in [0, 0.1) is 6.92 Å². The zero-order valence-corrected chi connectivity index (χ0v) is 15.4. The maximum Gasteiger partial charge on any atom is 0.417 e. The molecule has 0 radical (unpaired) electrons. The first-order chi connectivity index (χ1) is 13.3. The van der Waals surface area contributed by atoms with Crippen molar-refractivity contribution in [2.75, 3.05) is 6.61 Å². The summed E-state index contributed by atoms with van der Waals surface area (Å²) >= 11 is 1.27. The Labute approximate surface area is 159 Å². The number of carbonyl (C=O) groups excluding carboxylic acids is 1. The molecule has 28 heavy (non-hydrogen) atoms. The van der Waals surface area contributed by atoms with Gasteiger partial charge in [-0.2, -0.15) is 13.2 Å². The van der Waals surface area contributed by atoms with Crippen molar-refractivity contribution in [3.63, 3.8) is 0 Å². The summed E-state index contributed by atoms with van der Waals surface area (Å²) in [6, 6.07) is 4.38. The number of ether oxygens (including phenoxy) is 1. The van der Waals surface area contributed by atoms with E-state index < -0.39 is 17.7 Å². The molecule has 0 bridgehead atoms. The number of thiophene rings is 1. The van der Waals surface area contributed by atoms with Gasteiger partial charge in [0, 0.05) is 0 Å². The monoisotopic (exact) mass is 407 g/mol. The van der Waals surface area contributed by atoms with Crippen molar-refractivity contribution in [3.05, 3.63) is 40.5 Å². The van der Waals surface area contributed by atoms with Gasteiger partial charge >= 0.3 is 12.1 Å². The van der Waals surface area contributed by atoms with Crippen molar-refractivity contribution >= 4 is 34.0 Å². The Hall–Kier alpha value is -3.08. The van der Waals surface area contributed by atoms with Crippen molar-refractivity contribution < 1.29 is 22.7 Å².